The number of Topliss-reactive ketones (excluding diaryl/α,β-unsaturated/α-hetero) is 1. The van der Waals surface area contributed by atoms with Gasteiger partial charge in [0, 0.05) is 12.8 Å². The maximum Gasteiger partial charge on any atom is 0.133 e. The highest BCUT2D eigenvalue weighted by Gasteiger charge is 2.56. The first kappa shape index (κ1) is 13.1. The van der Waals surface area contributed by atoms with Crippen LogP contribution in [0.25, 0.3) is 0 Å². The fourth-order valence-corrected chi connectivity index (χ4v) is 6.53. The van der Waals surface area contributed by atoms with Gasteiger partial charge < -0.3 is 0 Å². The van der Waals surface area contributed by atoms with E-state index < -0.39 is 0 Å². The molecule has 110 valence electrons. The van der Waals surface area contributed by atoms with Crippen LogP contribution in [0.1, 0.15) is 65.2 Å². The topological polar surface area (TPSA) is 17.1 Å². The van der Waals surface area contributed by atoms with E-state index in [4.69, 9.17) is 0 Å². The minimum atomic E-state index is 0.473. The van der Waals surface area contributed by atoms with Crippen molar-refractivity contribution < 1.29 is 4.79 Å². The molecule has 0 unspecified atom stereocenters. The van der Waals surface area contributed by atoms with Crippen molar-refractivity contribution in [2.24, 2.45) is 34.5 Å². The van der Waals surface area contributed by atoms with Crippen LogP contribution in [-0.4, -0.2) is 5.78 Å². The van der Waals surface area contributed by atoms with Gasteiger partial charge in [0.1, 0.15) is 5.78 Å². The SMILES string of the molecule is C[C@]12CCC(=O)C[C@H]1CC[C@@H]1[C@@H]2CC[C@]2(C)C=CC[C@@H]12. The summed E-state index contributed by atoms with van der Waals surface area (Å²) in [5.41, 5.74) is 0.968. The Kier molecular flexibility index (Phi) is 2.76. The second-order valence-corrected chi connectivity index (χ2v) is 8.58. The summed E-state index contributed by atoms with van der Waals surface area (Å²) in [5, 5.41) is 0. The highest BCUT2D eigenvalue weighted by molar-refractivity contribution is 5.79. The predicted octanol–water partition coefficient (Wildman–Crippen LogP) is 4.76. The molecule has 0 aromatic rings. The molecule has 4 aliphatic rings. The smallest absolute Gasteiger partial charge is 0.133 e. The Morgan fingerprint density at radius 1 is 1.10 bits per heavy atom. The van der Waals surface area contributed by atoms with E-state index in [-0.39, 0.29) is 0 Å². The standard InChI is InChI=1S/C19H28O/c1-18-9-3-4-16(18)15-6-5-13-12-14(20)7-11-19(13,2)17(15)8-10-18/h3,9,13,15-17H,4-8,10-12H2,1-2H3/t13-,15+,16+,17+,18+,19+/m1/s1. The zero-order valence-electron chi connectivity index (χ0n) is 13.0. The van der Waals surface area contributed by atoms with Crippen LogP contribution < -0.4 is 0 Å². The Labute approximate surface area is 123 Å². The predicted molar refractivity (Wildman–Crippen MR) is 81.3 cm³/mol. The Bertz CT molecular complexity index is 464. The van der Waals surface area contributed by atoms with E-state index in [0.29, 0.717) is 22.5 Å². The zero-order chi connectivity index (χ0) is 14.0. The number of allylic oxidation sites excluding steroid dienone is 2. The summed E-state index contributed by atoms with van der Waals surface area (Å²) in [6.45, 7) is 5.03. The summed E-state index contributed by atoms with van der Waals surface area (Å²) in [7, 11) is 0. The molecule has 0 aliphatic heterocycles. The van der Waals surface area contributed by atoms with Crippen molar-refractivity contribution in [2.75, 3.05) is 0 Å². The van der Waals surface area contributed by atoms with E-state index in [1.165, 1.54) is 38.5 Å². The third-order valence-electron chi connectivity index (χ3n) is 7.81. The first-order chi connectivity index (χ1) is 9.53. The maximum absolute atomic E-state index is 11.8. The number of rotatable bonds is 0. The molecule has 0 heterocycles. The van der Waals surface area contributed by atoms with Crippen molar-refractivity contribution in [3.8, 4) is 0 Å². The van der Waals surface area contributed by atoms with Crippen LogP contribution in [0.3, 0.4) is 0 Å². The molecule has 0 aromatic heterocycles. The molecule has 0 aromatic carbocycles. The zero-order valence-corrected chi connectivity index (χ0v) is 13.0. The molecule has 0 spiro atoms. The molecule has 0 saturated heterocycles. The number of fused-ring (bicyclic) bond motifs is 5. The van der Waals surface area contributed by atoms with E-state index >= 15 is 0 Å². The van der Waals surface area contributed by atoms with Crippen molar-refractivity contribution in [1.29, 1.82) is 0 Å². The van der Waals surface area contributed by atoms with Crippen LogP contribution in [0.2, 0.25) is 0 Å². The molecule has 0 bridgehead atoms. The molecule has 0 amide bonds. The summed E-state index contributed by atoms with van der Waals surface area (Å²) in [6.07, 6.45) is 14.7. The number of hydrogen-bond donors (Lipinski definition) is 0. The fourth-order valence-electron chi connectivity index (χ4n) is 6.53. The van der Waals surface area contributed by atoms with E-state index in [1.807, 2.05) is 0 Å². The van der Waals surface area contributed by atoms with Crippen molar-refractivity contribution in [3.05, 3.63) is 12.2 Å². The second kappa shape index (κ2) is 4.21. The first-order valence-electron chi connectivity index (χ1n) is 8.72. The minimum absolute atomic E-state index is 0.473. The molecule has 4 aliphatic carbocycles. The van der Waals surface area contributed by atoms with Crippen molar-refractivity contribution >= 4 is 5.78 Å². The van der Waals surface area contributed by atoms with Crippen LogP contribution in [-0.2, 0) is 4.79 Å². The Morgan fingerprint density at radius 2 is 1.95 bits per heavy atom. The van der Waals surface area contributed by atoms with Crippen LogP contribution in [0.4, 0.5) is 0 Å². The van der Waals surface area contributed by atoms with Gasteiger partial charge in [-0.15, -0.1) is 0 Å². The molecule has 3 fully saturated rings. The van der Waals surface area contributed by atoms with Gasteiger partial charge in [0.15, 0.2) is 0 Å². The highest BCUT2D eigenvalue weighted by atomic mass is 16.1. The minimum Gasteiger partial charge on any atom is -0.300 e. The summed E-state index contributed by atoms with van der Waals surface area (Å²) in [5.74, 6) is 3.96. The van der Waals surface area contributed by atoms with Gasteiger partial charge >= 0.3 is 0 Å². The Morgan fingerprint density at radius 3 is 2.80 bits per heavy atom. The van der Waals surface area contributed by atoms with Gasteiger partial charge in [-0.1, -0.05) is 26.0 Å². The summed E-state index contributed by atoms with van der Waals surface area (Å²) in [6, 6.07) is 0. The first-order valence-corrected chi connectivity index (χ1v) is 8.72. The summed E-state index contributed by atoms with van der Waals surface area (Å²) >= 11 is 0. The molecule has 3 saturated carbocycles. The number of carbonyl (C=O) groups is 1. The lowest BCUT2D eigenvalue weighted by Crippen LogP contribution is -2.52. The van der Waals surface area contributed by atoms with Gasteiger partial charge in [-0.2, -0.15) is 0 Å². The highest BCUT2D eigenvalue weighted by Crippen LogP contribution is 2.64. The molecule has 1 heteroatoms. The average Bonchev–Trinajstić information content (AvgIpc) is 2.81. The molecular formula is C19H28O. The Balaban J connectivity index is 1.64. The molecule has 0 radical (unpaired) electrons. The number of carbonyl (C=O) groups excluding carboxylic acids is 1. The van der Waals surface area contributed by atoms with E-state index in [2.05, 4.69) is 26.0 Å². The second-order valence-electron chi connectivity index (χ2n) is 8.58. The molecule has 6 atom stereocenters. The largest absolute Gasteiger partial charge is 0.300 e. The number of hydrogen-bond acceptors (Lipinski definition) is 1. The Hall–Kier alpha value is -0.590. The lowest BCUT2D eigenvalue weighted by atomic mass is 9.45. The third-order valence-corrected chi connectivity index (χ3v) is 7.81. The van der Waals surface area contributed by atoms with Gasteiger partial charge in [-0.05, 0) is 73.0 Å². The van der Waals surface area contributed by atoms with Crippen LogP contribution in [0, 0.1) is 34.5 Å². The molecule has 0 N–H and O–H groups in total. The molecule has 4 rings (SSSR count). The summed E-state index contributed by atoms with van der Waals surface area (Å²) < 4.78 is 0. The third kappa shape index (κ3) is 1.64. The van der Waals surface area contributed by atoms with Crippen molar-refractivity contribution in [1.82, 2.24) is 0 Å². The van der Waals surface area contributed by atoms with Crippen LogP contribution in [0.5, 0.6) is 0 Å². The van der Waals surface area contributed by atoms with Crippen molar-refractivity contribution in [2.45, 2.75) is 65.2 Å². The monoisotopic (exact) mass is 272 g/mol. The lowest BCUT2D eigenvalue weighted by Gasteiger charge is -2.59. The summed E-state index contributed by atoms with van der Waals surface area (Å²) in [4.78, 5) is 11.8. The van der Waals surface area contributed by atoms with Crippen LogP contribution in [0.15, 0.2) is 12.2 Å². The molecular weight excluding hydrogens is 244 g/mol. The normalized spacial score (nSPS) is 54.2. The number of ketones is 1. The molecule has 1 nitrogen and oxygen atoms in total. The molecule has 20 heavy (non-hydrogen) atoms. The van der Waals surface area contributed by atoms with E-state index in [1.54, 1.807) is 0 Å². The van der Waals surface area contributed by atoms with Gasteiger partial charge in [0.25, 0.3) is 0 Å². The van der Waals surface area contributed by atoms with Crippen LogP contribution >= 0.6 is 0 Å². The lowest BCUT2D eigenvalue weighted by molar-refractivity contribution is -0.136. The van der Waals surface area contributed by atoms with Gasteiger partial charge in [0.05, 0.1) is 0 Å². The van der Waals surface area contributed by atoms with Gasteiger partial charge in [-0.25, -0.2) is 0 Å². The van der Waals surface area contributed by atoms with Gasteiger partial charge in [0.2, 0.25) is 0 Å². The van der Waals surface area contributed by atoms with Crippen molar-refractivity contribution in [3.63, 3.8) is 0 Å². The van der Waals surface area contributed by atoms with Gasteiger partial charge in [-0.3, -0.25) is 4.79 Å². The maximum atomic E-state index is 11.8. The fraction of sp³-hybridized carbons (Fsp3) is 0.842. The van der Waals surface area contributed by atoms with E-state index in [9.17, 15) is 4.79 Å². The average molecular weight is 272 g/mol. The van der Waals surface area contributed by atoms with E-state index in [0.717, 1.165) is 30.6 Å². The quantitative estimate of drug-likeness (QED) is 0.581.